The lowest BCUT2D eigenvalue weighted by Gasteiger charge is -2.25. The Morgan fingerprint density at radius 3 is 2.50 bits per heavy atom. The van der Waals surface area contributed by atoms with Crippen LogP contribution in [0.4, 0.5) is 9.80 Å². The molecule has 0 saturated carbocycles. The van der Waals surface area contributed by atoms with Crippen LogP contribution >= 0.6 is 23.1 Å². The molecular weight excluding hydrogens is 398 g/mol. The number of thioether (sulfide) groups is 1. The zero-order chi connectivity index (χ0) is 20.3. The molecule has 2 N–H and O–H groups in total. The van der Waals surface area contributed by atoms with E-state index in [1.165, 1.54) is 18.4 Å². The van der Waals surface area contributed by atoms with Crippen molar-refractivity contribution in [2.45, 2.75) is 17.9 Å². The molecular formula is C19H21N3O4S2. The van der Waals surface area contributed by atoms with Crippen molar-refractivity contribution in [2.24, 2.45) is 0 Å². The van der Waals surface area contributed by atoms with Crippen LogP contribution in [-0.4, -0.2) is 49.8 Å². The zero-order valence-corrected chi connectivity index (χ0v) is 17.5. The van der Waals surface area contributed by atoms with Crippen LogP contribution in [-0.2, 0) is 17.7 Å². The number of ether oxygens (including phenoxy) is 1. The van der Waals surface area contributed by atoms with E-state index in [0.29, 0.717) is 35.6 Å². The predicted molar refractivity (Wildman–Crippen MR) is 110 cm³/mol. The van der Waals surface area contributed by atoms with Gasteiger partial charge in [-0.05, 0) is 42.5 Å². The first-order valence-corrected chi connectivity index (χ1v) is 10.7. The number of amides is 3. The van der Waals surface area contributed by atoms with Crippen molar-refractivity contribution in [3.63, 3.8) is 0 Å². The summed E-state index contributed by atoms with van der Waals surface area (Å²) in [6, 6.07) is 7.28. The third-order valence-electron chi connectivity index (χ3n) is 4.52. The number of carbonyl (C=O) groups excluding carboxylic acids is 3. The minimum Gasteiger partial charge on any atom is -0.453 e. The fraction of sp³-hybridized carbons (Fsp3) is 0.316. The molecule has 9 heteroatoms. The molecule has 148 valence electrons. The van der Waals surface area contributed by atoms with Gasteiger partial charge in [-0.3, -0.25) is 9.59 Å². The minimum absolute atomic E-state index is 0.253. The summed E-state index contributed by atoms with van der Waals surface area (Å²) in [6.07, 6.45) is 2.10. The molecule has 1 aliphatic heterocycles. The molecule has 28 heavy (non-hydrogen) atoms. The number of thiophene rings is 1. The van der Waals surface area contributed by atoms with Gasteiger partial charge in [-0.2, -0.15) is 0 Å². The van der Waals surface area contributed by atoms with Crippen LogP contribution in [0.5, 0.6) is 0 Å². The van der Waals surface area contributed by atoms with Crippen LogP contribution in [0.25, 0.3) is 0 Å². The highest BCUT2D eigenvalue weighted by molar-refractivity contribution is 7.98. The largest absolute Gasteiger partial charge is 0.453 e. The number of carbonyl (C=O) groups is 3. The lowest BCUT2D eigenvalue weighted by Crippen LogP contribution is -2.35. The Morgan fingerprint density at radius 2 is 1.89 bits per heavy atom. The quantitative estimate of drug-likeness (QED) is 0.743. The summed E-state index contributed by atoms with van der Waals surface area (Å²) in [4.78, 5) is 40.5. The molecule has 2 heterocycles. The molecule has 1 aliphatic rings. The first-order valence-electron chi connectivity index (χ1n) is 8.63. The van der Waals surface area contributed by atoms with Gasteiger partial charge in [0.1, 0.15) is 5.00 Å². The van der Waals surface area contributed by atoms with Gasteiger partial charge in [-0.25, -0.2) is 4.79 Å². The Labute approximate surface area is 171 Å². The van der Waals surface area contributed by atoms with E-state index in [-0.39, 0.29) is 11.8 Å². The number of anilines is 1. The molecule has 0 atom stereocenters. The molecule has 0 saturated heterocycles. The maximum Gasteiger partial charge on any atom is 0.409 e. The molecule has 1 aromatic heterocycles. The van der Waals surface area contributed by atoms with Crippen LogP contribution in [0, 0.1) is 0 Å². The average molecular weight is 420 g/mol. The van der Waals surface area contributed by atoms with Crippen LogP contribution < -0.4 is 10.6 Å². The molecule has 7 nitrogen and oxygen atoms in total. The van der Waals surface area contributed by atoms with Crippen molar-refractivity contribution in [1.82, 2.24) is 10.2 Å². The highest BCUT2D eigenvalue weighted by atomic mass is 32.2. The maximum atomic E-state index is 12.7. The highest BCUT2D eigenvalue weighted by Gasteiger charge is 2.30. The molecule has 0 bridgehead atoms. The highest BCUT2D eigenvalue weighted by Crippen LogP contribution is 2.37. The second kappa shape index (κ2) is 8.66. The first kappa shape index (κ1) is 20.2. The van der Waals surface area contributed by atoms with Crippen LogP contribution in [0.15, 0.2) is 29.2 Å². The monoisotopic (exact) mass is 419 g/mol. The van der Waals surface area contributed by atoms with Gasteiger partial charge in [0.15, 0.2) is 0 Å². The van der Waals surface area contributed by atoms with Gasteiger partial charge in [-0.15, -0.1) is 23.1 Å². The van der Waals surface area contributed by atoms with E-state index in [4.69, 9.17) is 4.74 Å². The summed E-state index contributed by atoms with van der Waals surface area (Å²) in [5.41, 5.74) is 1.86. The molecule has 0 aliphatic carbocycles. The molecule has 0 unspecified atom stereocenters. The fourth-order valence-electron chi connectivity index (χ4n) is 3.06. The number of fused-ring (bicyclic) bond motifs is 1. The molecule has 3 amide bonds. The second-order valence-electron chi connectivity index (χ2n) is 6.11. The number of nitrogens with zero attached hydrogens (tertiary/aromatic N) is 1. The van der Waals surface area contributed by atoms with Gasteiger partial charge >= 0.3 is 6.09 Å². The van der Waals surface area contributed by atoms with E-state index in [1.54, 1.807) is 35.8 Å². The lowest BCUT2D eigenvalue weighted by molar-refractivity contribution is 0.0962. The number of benzene rings is 1. The molecule has 3 rings (SSSR count). The Balaban J connectivity index is 1.89. The smallest absolute Gasteiger partial charge is 0.409 e. The van der Waals surface area contributed by atoms with E-state index in [1.807, 2.05) is 18.4 Å². The summed E-state index contributed by atoms with van der Waals surface area (Å²) in [5, 5.41) is 6.01. The molecule has 0 radical (unpaired) electrons. The minimum atomic E-state index is -0.403. The lowest BCUT2D eigenvalue weighted by atomic mass is 10.0. The van der Waals surface area contributed by atoms with Crippen molar-refractivity contribution in [3.05, 3.63) is 45.8 Å². The number of methoxy groups -OCH3 is 1. The molecule has 0 fully saturated rings. The van der Waals surface area contributed by atoms with E-state index < -0.39 is 6.09 Å². The Kier molecular flexibility index (Phi) is 6.25. The molecule has 0 spiro atoms. The van der Waals surface area contributed by atoms with Crippen LogP contribution in [0.1, 0.15) is 31.2 Å². The number of rotatable bonds is 4. The number of hydrogen-bond donors (Lipinski definition) is 2. The van der Waals surface area contributed by atoms with Gasteiger partial charge < -0.3 is 20.3 Å². The number of nitrogens with one attached hydrogen (secondary N) is 2. The van der Waals surface area contributed by atoms with Crippen LogP contribution in [0.3, 0.4) is 0 Å². The van der Waals surface area contributed by atoms with Crippen molar-refractivity contribution < 1.29 is 19.1 Å². The van der Waals surface area contributed by atoms with Gasteiger partial charge in [0.25, 0.3) is 11.8 Å². The van der Waals surface area contributed by atoms with Crippen molar-refractivity contribution in [3.8, 4) is 0 Å². The summed E-state index contributed by atoms with van der Waals surface area (Å²) in [5.74, 6) is -0.529. The number of hydrogen-bond acceptors (Lipinski definition) is 6. The zero-order valence-electron chi connectivity index (χ0n) is 15.8. The maximum absolute atomic E-state index is 12.7. The van der Waals surface area contributed by atoms with E-state index in [0.717, 1.165) is 15.3 Å². The van der Waals surface area contributed by atoms with Gasteiger partial charge in [0.05, 0.1) is 19.2 Å². The third-order valence-corrected chi connectivity index (χ3v) is 6.40. The van der Waals surface area contributed by atoms with E-state index in [9.17, 15) is 14.4 Å². The topological polar surface area (TPSA) is 87.7 Å². The van der Waals surface area contributed by atoms with Gasteiger partial charge in [-0.1, -0.05) is 0 Å². The van der Waals surface area contributed by atoms with E-state index in [2.05, 4.69) is 10.6 Å². The first-order chi connectivity index (χ1) is 13.5. The summed E-state index contributed by atoms with van der Waals surface area (Å²) in [6.45, 7) is 0.818. The molecule has 2 aromatic rings. The Hall–Kier alpha value is -2.52. The van der Waals surface area contributed by atoms with Crippen molar-refractivity contribution >= 4 is 46.0 Å². The summed E-state index contributed by atoms with van der Waals surface area (Å²) < 4.78 is 4.79. The molecule has 1 aromatic carbocycles. The van der Waals surface area contributed by atoms with Gasteiger partial charge in [0, 0.05) is 28.9 Å². The fourth-order valence-corrected chi connectivity index (χ4v) is 4.72. The standard InChI is InChI=1S/C19H21N3O4S2/c1-20-17(24)15-13-8-9-22(19(25)26-2)10-14(13)28-18(15)21-16(23)11-4-6-12(27-3)7-5-11/h4-7H,8-10H2,1-3H3,(H,20,24)(H,21,23). The van der Waals surface area contributed by atoms with Crippen molar-refractivity contribution in [1.29, 1.82) is 0 Å². The van der Waals surface area contributed by atoms with Crippen molar-refractivity contribution in [2.75, 3.05) is 32.3 Å². The predicted octanol–water partition coefficient (Wildman–Crippen LogP) is 3.21. The third kappa shape index (κ3) is 4.00. The summed E-state index contributed by atoms with van der Waals surface area (Å²) in [7, 11) is 2.90. The SMILES string of the molecule is CNC(=O)c1c(NC(=O)c2ccc(SC)cc2)sc2c1CCN(C(=O)OC)C2. The summed E-state index contributed by atoms with van der Waals surface area (Å²) >= 11 is 2.92. The van der Waals surface area contributed by atoms with Gasteiger partial charge in [0.2, 0.25) is 0 Å². The second-order valence-corrected chi connectivity index (χ2v) is 8.10. The Morgan fingerprint density at radius 1 is 1.18 bits per heavy atom. The Bertz CT molecular complexity index is 909. The van der Waals surface area contributed by atoms with Crippen LogP contribution in [0.2, 0.25) is 0 Å². The van der Waals surface area contributed by atoms with E-state index >= 15 is 0 Å². The average Bonchev–Trinajstić information content (AvgIpc) is 3.09. The normalized spacial score (nSPS) is 12.9.